The van der Waals surface area contributed by atoms with Crippen LogP contribution in [0.2, 0.25) is 0 Å². The summed E-state index contributed by atoms with van der Waals surface area (Å²) < 4.78 is 11.0. The van der Waals surface area contributed by atoms with Crippen LogP contribution >= 0.6 is 0 Å². The minimum absolute atomic E-state index is 0.324. The van der Waals surface area contributed by atoms with Gasteiger partial charge in [0, 0.05) is 6.54 Å². The van der Waals surface area contributed by atoms with Crippen molar-refractivity contribution in [3.8, 4) is 0 Å². The number of hydrogen-bond donors (Lipinski definition) is 1. The first kappa shape index (κ1) is 15.8. The smallest absolute Gasteiger partial charge is 0.410 e. The van der Waals surface area contributed by atoms with Crippen LogP contribution in [0.25, 0.3) is 0 Å². The molecular weight excluding hydrogens is 270 g/mol. The first-order chi connectivity index (χ1) is 9.87. The van der Waals surface area contributed by atoms with Crippen LogP contribution in [0.1, 0.15) is 32.4 Å². The Morgan fingerprint density at radius 1 is 1.38 bits per heavy atom. The second kappa shape index (κ2) is 6.45. The lowest BCUT2D eigenvalue weighted by Crippen LogP contribution is -2.49. The van der Waals surface area contributed by atoms with E-state index in [-0.39, 0.29) is 6.09 Å². The van der Waals surface area contributed by atoms with Gasteiger partial charge in [0.1, 0.15) is 17.8 Å². The molecule has 0 saturated carbocycles. The number of benzene rings is 1. The fraction of sp³-hybridized carbons (Fsp3) is 0.562. The van der Waals surface area contributed by atoms with E-state index in [2.05, 4.69) is 0 Å². The third-order valence-electron chi connectivity index (χ3n) is 3.24. The Morgan fingerprint density at radius 3 is 2.67 bits per heavy atom. The molecule has 5 nitrogen and oxygen atoms in total. The van der Waals surface area contributed by atoms with Crippen LogP contribution in [0.4, 0.5) is 4.79 Å². The van der Waals surface area contributed by atoms with Gasteiger partial charge in [0.25, 0.3) is 0 Å². The summed E-state index contributed by atoms with van der Waals surface area (Å²) in [7, 11) is 0. The maximum atomic E-state index is 12.1. The van der Waals surface area contributed by atoms with Crippen molar-refractivity contribution in [2.45, 2.75) is 38.6 Å². The maximum Gasteiger partial charge on any atom is 0.410 e. The largest absolute Gasteiger partial charge is 0.444 e. The van der Waals surface area contributed by atoms with Crippen molar-refractivity contribution in [3.63, 3.8) is 0 Å². The van der Waals surface area contributed by atoms with Gasteiger partial charge in [0.05, 0.1) is 13.2 Å². The molecule has 1 N–H and O–H groups in total. The first-order valence-corrected chi connectivity index (χ1v) is 7.19. The molecule has 1 aliphatic rings. The van der Waals surface area contributed by atoms with Crippen LogP contribution in [0.15, 0.2) is 30.3 Å². The predicted molar refractivity (Wildman–Crippen MR) is 78.9 cm³/mol. The Kier molecular flexibility index (Phi) is 4.85. The lowest BCUT2D eigenvalue weighted by Gasteiger charge is -2.36. The van der Waals surface area contributed by atoms with E-state index in [1.807, 2.05) is 51.1 Å². The van der Waals surface area contributed by atoms with Gasteiger partial charge in [-0.3, -0.25) is 0 Å². The van der Waals surface area contributed by atoms with Gasteiger partial charge in [-0.1, -0.05) is 30.3 Å². The Labute approximate surface area is 125 Å². The molecule has 2 atom stereocenters. The monoisotopic (exact) mass is 293 g/mol. The molecule has 1 amide bonds. The van der Waals surface area contributed by atoms with Gasteiger partial charge in [-0.2, -0.15) is 0 Å². The minimum Gasteiger partial charge on any atom is -0.444 e. The van der Waals surface area contributed by atoms with Crippen molar-refractivity contribution >= 4 is 6.09 Å². The lowest BCUT2D eigenvalue weighted by atomic mass is 10.0. The standard InChI is InChI=1S/C16H23NO4/c1-16(2,3)21-15(19)17-9-10-20-13(11-17)14(18)12-7-5-4-6-8-12/h4-8,13-14,18H,9-11H2,1-3H3/t13-,14+/m1/s1. The van der Waals surface area contributed by atoms with Gasteiger partial charge in [-0.25, -0.2) is 4.79 Å². The molecule has 0 bridgehead atoms. The van der Waals surface area contributed by atoms with Crippen LogP contribution in [0.5, 0.6) is 0 Å². The SMILES string of the molecule is CC(C)(C)OC(=O)N1CCO[C@@H]([C@@H](O)c2ccccc2)C1. The second-order valence-corrected chi connectivity index (χ2v) is 6.19. The van der Waals surface area contributed by atoms with E-state index in [1.54, 1.807) is 4.90 Å². The number of aliphatic hydroxyl groups excluding tert-OH is 1. The van der Waals surface area contributed by atoms with Crippen LogP contribution < -0.4 is 0 Å². The van der Waals surface area contributed by atoms with Crippen LogP contribution in [-0.4, -0.2) is 47.5 Å². The zero-order chi connectivity index (χ0) is 15.5. The van der Waals surface area contributed by atoms with E-state index in [4.69, 9.17) is 9.47 Å². The summed E-state index contributed by atoms with van der Waals surface area (Å²) >= 11 is 0. The number of morpholine rings is 1. The number of carbonyl (C=O) groups excluding carboxylic acids is 1. The Balaban J connectivity index is 1.99. The third kappa shape index (κ3) is 4.44. The Hall–Kier alpha value is -1.59. The number of amides is 1. The van der Waals surface area contributed by atoms with E-state index in [0.717, 1.165) is 5.56 Å². The maximum absolute atomic E-state index is 12.1. The number of rotatable bonds is 2. The van der Waals surface area contributed by atoms with E-state index >= 15 is 0 Å². The molecule has 1 fully saturated rings. The summed E-state index contributed by atoms with van der Waals surface area (Å²) in [6.07, 6.45) is -1.55. The van der Waals surface area contributed by atoms with Gasteiger partial charge in [-0.05, 0) is 26.3 Å². The fourth-order valence-electron chi connectivity index (χ4n) is 2.22. The lowest BCUT2D eigenvalue weighted by molar-refractivity contribution is -0.0908. The fourth-order valence-corrected chi connectivity index (χ4v) is 2.22. The molecule has 1 heterocycles. The highest BCUT2D eigenvalue weighted by Gasteiger charge is 2.32. The van der Waals surface area contributed by atoms with Crippen LogP contribution in [0, 0.1) is 0 Å². The highest BCUT2D eigenvalue weighted by atomic mass is 16.6. The summed E-state index contributed by atoms with van der Waals surface area (Å²) in [6.45, 7) is 6.70. The average Bonchev–Trinajstić information content (AvgIpc) is 2.46. The third-order valence-corrected chi connectivity index (χ3v) is 3.24. The molecule has 21 heavy (non-hydrogen) atoms. The number of carbonyl (C=O) groups is 1. The topological polar surface area (TPSA) is 59.0 Å². The van der Waals surface area contributed by atoms with Crippen LogP contribution in [0.3, 0.4) is 0 Å². The molecule has 0 spiro atoms. The van der Waals surface area contributed by atoms with E-state index in [1.165, 1.54) is 0 Å². The van der Waals surface area contributed by atoms with E-state index in [9.17, 15) is 9.90 Å². The molecule has 0 aliphatic carbocycles. The Morgan fingerprint density at radius 2 is 2.05 bits per heavy atom. The van der Waals surface area contributed by atoms with Crippen molar-refractivity contribution in [3.05, 3.63) is 35.9 Å². The first-order valence-electron chi connectivity index (χ1n) is 7.19. The summed E-state index contributed by atoms with van der Waals surface area (Å²) in [5.74, 6) is 0. The molecular formula is C16H23NO4. The van der Waals surface area contributed by atoms with Gasteiger partial charge in [0.15, 0.2) is 0 Å². The highest BCUT2D eigenvalue weighted by molar-refractivity contribution is 5.68. The van der Waals surface area contributed by atoms with Crippen molar-refractivity contribution in [2.24, 2.45) is 0 Å². The molecule has 0 radical (unpaired) electrons. The van der Waals surface area contributed by atoms with Gasteiger partial charge in [0.2, 0.25) is 0 Å². The molecule has 0 unspecified atom stereocenters. The summed E-state index contributed by atoms with van der Waals surface area (Å²) in [5, 5.41) is 10.4. The molecule has 0 aromatic heterocycles. The molecule has 5 heteroatoms. The predicted octanol–water partition coefficient (Wildman–Crippen LogP) is 2.36. The van der Waals surface area contributed by atoms with Gasteiger partial charge < -0.3 is 19.5 Å². The normalized spacial score (nSPS) is 21.0. The number of nitrogens with zero attached hydrogens (tertiary/aromatic N) is 1. The number of ether oxygens (including phenoxy) is 2. The molecule has 2 rings (SSSR count). The van der Waals surface area contributed by atoms with Crippen molar-refractivity contribution in [1.82, 2.24) is 4.90 Å². The zero-order valence-electron chi connectivity index (χ0n) is 12.8. The molecule has 1 aromatic rings. The van der Waals surface area contributed by atoms with Crippen molar-refractivity contribution in [2.75, 3.05) is 19.7 Å². The average molecular weight is 293 g/mol. The number of aliphatic hydroxyl groups is 1. The molecule has 1 saturated heterocycles. The number of hydrogen-bond acceptors (Lipinski definition) is 4. The highest BCUT2D eigenvalue weighted by Crippen LogP contribution is 2.23. The zero-order valence-corrected chi connectivity index (χ0v) is 12.8. The molecule has 1 aliphatic heterocycles. The van der Waals surface area contributed by atoms with E-state index in [0.29, 0.717) is 19.7 Å². The quantitative estimate of drug-likeness (QED) is 0.909. The molecule has 116 valence electrons. The van der Waals surface area contributed by atoms with Crippen LogP contribution in [-0.2, 0) is 9.47 Å². The Bertz CT molecular complexity index is 469. The van der Waals surface area contributed by atoms with E-state index < -0.39 is 17.8 Å². The summed E-state index contributed by atoms with van der Waals surface area (Å²) in [5.41, 5.74) is 0.261. The summed E-state index contributed by atoms with van der Waals surface area (Å²) in [6, 6.07) is 9.33. The van der Waals surface area contributed by atoms with Gasteiger partial charge >= 0.3 is 6.09 Å². The van der Waals surface area contributed by atoms with Gasteiger partial charge in [-0.15, -0.1) is 0 Å². The minimum atomic E-state index is -0.753. The van der Waals surface area contributed by atoms with Crippen molar-refractivity contribution in [1.29, 1.82) is 0 Å². The molecule has 1 aromatic carbocycles. The summed E-state index contributed by atoms with van der Waals surface area (Å²) in [4.78, 5) is 13.7. The van der Waals surface area contributed by atoms with Crippen molar-refractivity contribution < 1.29 is 19.4 Å². The second-order valence-electron chi connectivity index (χ2n) is 6.19.